The van der Waals surface area contributed by atoms with Crippen molar-refractivity contribution in [1.82, 2.24) is 35.2 Å². The highest BCUT2D eigenvalue weighted by molar-refractivity contribution is 14.0. The molecule has 0 unspecified atom stereocenters. The van der Waals surface area contributed by atoms with Crippen molar-refractivity contribution in [2.45, 2.75) is 76.5 Å². The number of halogens is 1. The monoisotopic (exact) mass is 560 g/mol. The number of hydrogen-bond acceptors (Lipinski definition) is 5. The lowest BCUT2D eigenvalue weighted by molar-refractivity contribution is 0.460. The van der Waals surface area contributed by atoms with E-state index in [9.17, 15) is 0 Å². The third-order valence-corrected chi connectivity index (χ3v) is 6.29. The maximum Gasteiger partial charge on any atom is 0.191 e. The number of guanidine groups is 1. The molecule has 0 amide bonds. The third-order valence-electron chi connectivity index (χ3n) is 5.64. The summed E-state index contributed by atoms with van der Waals surface area (Å²) in [6.07, 6.45) is 10.2. The van der Waals surface area contributed by atoms with E-state index in [0.29, 0.717) is 6.04 Å². The van der Waals surface area contributed by atoms with Gasteiger partial charge >= 0.3 is 0 Å². The number of nitrogens with zero attached hydrogens (tertiary/aromatic N) is 6. The van der Waals surface area contributed by atoms with E-state index < -0.39 is 0 Å². The molecule has 10 heteroatoms. The summed E-state index contributed by atoms with van der Waals surface area (Å²) < 4.78 is 4.46. The number of aryl methyl sites for hydroxylation is 4. The molecule has 0 aliphatic heterocycles. The quantitative estimate of drug-likeness (QED) is 0.152. The molecule has 1 fully saturated rings. The number of aromatic nitrogens is 5. The van der Waals surface area contributed by atoms with Crippen LogP contribution < -0.4 is 10.6 Å². The highest BCUT2D eigenvalue weighted by atomic mass is 127. The summed E-state index contributed by atoms with van der Waals surface area (Å²) in [4.78, 5) is 4.33. The molecule has 0 atom stereocenters. The van der Waals surface area contributed by atoms with Crippen LogP contribution in [-0.2, 0) is 13.0 Å². The number of thioether (sulfide) groups is 1. The van der Waals surface area contributed by atoms with Crippen LogP contribution >= 0.6 is 35.7 Å². The van der Waals surface area contributed by atoms with Crippen molar-refractivity contribution >= 4 is 41.7 Å². The second-order valence-electron chi connectivity index (χ2n) is 7.94. The largest absolute Gasteiger partial charge is 0.356 e. The Bertz CT molecular complexity index is 825. The lowest BCUT2D eigenvalue weighted by Crippen LogP contribution is -2.38. The van der Waals surface area contributed by atoms with Crippen molar-refractivity contribution in [2.75, 3.05) is 26.4 Å². The molecule has 2 heterocycles. The Morgan fingerprint density at radius 3 is 2.48 bits per heavy atom. The van der Waals surface area contributed by atoms with Gasteiger partial charge in [0.25, 0.3) is 0 Å². The van der Waals surface area contributed by atoms with Gasteiger partial charge in [-0.15, -0.1) is 34.2 Å². The Kier molecular flexibility index (Phi) is 11.1. The average Bonchev–Trinajstić information content (AvgIpc) is 3.46. The lowest BCUT2D eigenvalue weighted by atomic mass is 10.2. The van der Waals surface area contributed by atoms with Gasteiger partial charge in [0.2, 0.25) is 0 Å². The SMILES string of the molecule is CN=C(NCCCc1nnc(SC)n1C1CCCC1)NCCCn1nc(C)cc1C.I. The van der Waals surface area contributed by atoms with E-state index in [0.717, 1.165) is 61.5 Å². The van der Waals surface area contributed by atoms with Gasteiger partial charge in [-0.3, -0.25) is 9.67 Å². The van der Waals surface area contributed by atoms with Gasteiger partial charge in [-0.1, -0.05) is 24.6 Å². The Hall–Kier alpha value is -1.30. The summed E-state index contributed by atoms with van der Waals surface area (Å²) in [6.45, 7) is 6.78. The van der Waals surface area contributed by atoms with Gasteiger partial charge in [-0.25, -0.2) is 0 Å². The third kappa shape index (κ3) is 7.37. The fourth-order valence-corrected chi connectivity index (χ4v) is 4.73. The molecule has 1 saturated carbocycles. The Balaban J connectivity index is 0.00000341. The first-order valence-corrected chi connectivity index (χ1v) is 12.3. The lowest BCUT2D eigenvalue weighted by Gasteiger charge is -2.16. The van der Waals surface area contributed by atoms with Crippen LogP contribution in [0.25, 0.3) is 0 Å². The summed E-state index contributed by atoms with van der Waals surface area (Å²) in [5, 5.41) is 21.3. The van der Waals surface area contributed by atoms with Crippen LogP contribution in [0.15, 0.2) is 16.2 Å². The molecule has 0 bridgehead atoms. The van der Waals surface area contributed by atoms with Crippen LogP contribution in [0.4, 0.5) is 0 Å². The van der Waals surface area contributed by atoms with Gasteiger partial charge in [0.05, 0.1) is 5.69 Å². The number of nitrogens with one attached hydrogen (secondary N) is 2. The minimum Gasteiger partial charge on any atom is -0.356 e. The fraction of sp³-hybridized carbons (Fsp3) is 0.714. The molecule has 0 saturated heterocycles. The second kappa shape index (κ2) is 13.3. The Morgan fingerprint density at radius 2 is 1.87 bits per heavy atom. The van der Waals surface area contributed by atoms with Gasteiger partial charge in [0.15, 0.2) is 11.1 Å². The molecule has 31 heavy (non-hydrogen) atoms. The first-order valence-electron chi connectivity index (χ1n) is 11.1. The van der Waals surface area contributed by atoms with E-state index >= 15 is 0 Å². The number of rotatable bonds is 10. The molecule has 1 aliphatic rings. The molecule has 1 aliphatic carbocycles. The van der Waals surface area contributed by atoms with E-state index in [1.54, 1.807) is 11.8 Å². The number of hydrogen-bond donors (Lipinski definition) is 2. The van der Waals surface area contributed by atoms with Crippen LogP contribution in [-0.4, -0.2) is 56.9 Å². The first-order chi connectivity index (χ1) is 14.6. The van der Waals surface area contributed by atoms with E-state index in [1.807, 2.05) is 14.0 Å². The van der Waals surface area contributed by atoms with E-state index in [4.69, 9.17) is 0 Å². The summed E-state index contributed by atoms with van der Waals surface area (Å²) >= 11 is 1.70. The standard InChI is InChI=1S/C21H36N8S.HI/c1-16-15-17(2)28(27-16)14-8-13-24-20(22-3)23-12-7-11-19-25-26-21(30-4)29(19)18-9-5-6-10-18;/h15,18H,5-14H2,1-4H3,(H2,22,23,24);1H. The van der Waals surface area contributed by atoms with Crippen LogP contribution in [0.5, 0.6) is 0 Å². The number of aliphatic imine (C=N–C) groups is 1. The molecule has 3 rings (SSSR count). The second-order valence-corrected chi connectivity index (χ2v) is 8.72. The Labute approximate surface area is 207 Å². The van der Waals surface area contributed by atoms with Gasteiger partial charge in [0, 0.05) is 44.8 Å². The van der Waals surface area contributed by atoms with Gasteiger partial charge in [-0.2, -0.15) is 5.10 Å². The molecule has 0 spiro atoms. The van der Waals surface area contributed by atoms with E-state index in [2.05, 4.69) is 59.4 Å². The predicted octanol–water partition coefficient (Wildman–Crippen LogP) is 3.73. The highest BCUT2D eigenvalue weighted by Gasteiger charge is 2.23. The molecular formula is C21H37IN8S. The normalized spacial score (nSPS) is 14.6. The van der Waals surface area contributed by atoms with Crippen LogP contribution in [0.3, 0.4) is 0 Å². The molecule has 2 aromatic heterocycles. The van der Waals surface area contributed by atoms with Crippen molar-refractivity contribution in [3.63, 3.8) is 0 Å². The summed E-state index contributed by atoms with van der Waals surface area (Å²) in [5.41, 5.74) is 2.29. The predicted molar refractivity (Wildman–Crippen MR) is 139 cm³/mol. The van der Waals surface area contributed by atoms with Crippen molar-refractivity contribution < 1.29 is 0 Å². The molecule has 0 aromatic carbocycles. The van der Waals surface area contributed by atoms with E-state index in [1.165, 1.54) is 31.4 Å². The topological polar surface area (TPSA) is 85.0 Å². The Morgan fingerprint density at radius 1 is 1.16 bits per heavy atom. The molecule has 0 radical (unpaired) electrons. The zero-order valence-corrected chi connectivity index (χ0v) is 22.4. The van der Waals surface area contributed by atoms with Crippen molar-refractivity contribution in [3.8, 4) is 0 Å². The van der Waals surface area contributed by atoms with Gasteiger partial charge < -0.3 is 15.2 Å². The van der Waals surface area contributed by atoms with Crippen molar-refractivity contribution in [1.29, 1.82) is 0 Å². The van der Waals surface area contributed by atoms with Crippen molar-refractivity contribution in [2.24, 2.45) is 4.99 Å². The van der Waals surface area contributed by atoms with Crippen LogP contribution in [0.1, 0.15) is 61.8 Å². The summed E-state index contributed by atoms with van der Waals surface area (Å²) in [7, 11) is 1.82. The average molecular weight is 561 g/mol. The maximum absolute atomic E-state index is 4.51. The zero-order chi connectivity index (χ0) is 21.3. The molecule has 8 nitrogen and oxygen atoms in total. The summed E-state index contributed by atoms with van der Waals surface area (Å²) in [5.74, 6) is 1.98. The molecule has 2 N–H and O–H groups in total. The molecular weight excluding hydrogens is 523 g/mol. The van der Waals surface area contributed by atoms with Crippen LogP contribution in [0, 0.1) is 13.8 Å². The van der Waals surface area contributed by atoms with Crippen LogP contribution in [0.2, 0.25) is 0 Å². The first kappa shape index (κ1) is 26.0. The fourth-order valence-electron chi connectivity index (χ4n) is 4.16. The molecule has 2 aromatic rings. The van der Waals surface area contributed by atoms with Crippen molar-refractivity contribution in [3.05, 3.63) is 23.3 Å². The zero-order valence-electron chi connectivity index (χ0n) is 19.2. The van der Waals surface area contributed by atoms with Gasteiger partial charge in [0.1, 0.15) is 5.82 Å². The molecule has 174 valence electrons. The van der Waals surface area contributed by atoms with Gasteiger partial charge in [-0.05, 0) is 51.9 Å². The highest BCUT2D eigenvalue weighted by Crippen LogP contribution is 2.33. The minimum atomic E-state index is 0. The minimum absolute atomic E-state index is 0. The maximum atomic E-state index is 4.51. The van der Waals surface area contributed by atoms with E-state index in [-0.39, 0.29) is 24.0 Å². The summed E-state index contributed by atoms with van der Waals surface area (Å²) in [6, 6.07) is 2.70. The smallest absolute Gasteiger partial charge is 0.191 e.